The summed E-state index contributed by atoms with van der Waals surface area (Å²) in [5, 5.41) is 15.8. The molecule has 3 atom stereocenters. The van der Waals surface area contributed by atoms with Gasteiger partial charge in [0.1, 0.15) is 5.54 Å². The summed E-state index contributed by atoms with van der Waals surface area (Å²) >= 11 is 0. The number of amides is 2. The Labute approximate surface area is 180 Å². The average molecular weight is 411 g/mol. The SMILES string of the molecule is CC[C@@H](C)NC(=O)[C@@H]1C[C@@H](C)N(CC(=O)NC2(C#N)CCCCC2)c2ccccc21. The summed E-state index contributed by atoms with van der Waals surface area (Å²) in [5.41, 5.74) is 1.18. The lowest BCUT2D eigenvalue weighted by Gasteiger charge is -2.41. The molecule has 1 saturated carbocycles. The number of nitrogens with one attached hydrogen (secondary N) is 2. The van der Waals surface area contributed by atoms with E-state index in [0.29, 0.717) is 6.42 Å². The fourth-order valence-electron chi connectivity index (χ4n) is 4.69. The van der Waals surface area contributed by atoms with E-state index in [0.717, 1.165) is 49.8 Å². The number of benzene rings is 1. The van der Waals surface area contributed by atoms with Crippen LogP contribution in [0.2, 0.25) is 0 Å². The third-order valence-corrected chi connectivity index (χ3v) is 6.66. The molecule has 0 radical (unpaired) electrons. The van der Waals surface area contributed by atoms with E-state index in [-0.39, 0.29) is 36.4 Å². The van der Waals surface area contributed by atoms with E-state index in [1.54, 1.807) is 0 Å². The van der Waals surface area contributed by atoms with Crippen LogP contribution in [0.15, 0.2) is 24.3 Å². The van der Waals surface area contributed by atoms with Crippen LogP contribution < -0.4 is 15.5 Å². The molecule has 1 heterocycles. The van der Waals surface area contributed by atoms with Gasteiger partial charge in [-0.25, -0.2) is 0 Å². The zero-order chi connectivity index (χ0) is 21.7. The van der Waals surface area contributed by atoms with E-state index in [1.807, 2.05) is 31.2 Å². The summed E-state index contributed by atoms with van der Waals surface area (Å²) in [5.74, 6) is -0.283. The first-order chi connectivity index (χ1) is 14.4. The lowest BCUT2D eigenvalue weighted by molar-refractivity contribution is -0.123. The smallest absolute Gasteiger partial charge is 0.240 e. The number of anilines is 1. The highest BCUT2D eigenvalue weighted by atomic mass is 16.2. The highest BCUT2D eigenvalue weighted by molar-refractivity contribution is 5.88. The average Bonchev–Trinajstić information content (AvgIpc) is 2.75. The minimum absolute atomic E-state index is 0.0442. The molecule has 0 unspecified atom stereocenters. The quantitative estimate of drug-likeness (QED) is 0.750. The Balaban J connectivity index is 1.77. The number of nitriles is 1. The van der Waals surface area contributed by atoms with Crippen LogP contribution in [0.25, 0.3) is 0 Å². The van der Waals surface area contributed by atoms with Crippen LogP contribution in [-0.4, -0.2) is 36.0 Å². The molecular formula is C24H34N4O2. The van der Waals surface area contributed by atoms with E-state index < -0.39 is 5.54 Å². The minimum atomic E-state index is -0.730. The predicted octanol–water partition coefficient (Wildman–Crippen LogP) is 3.63. The summed E-state index contributed by atoms with van der Waals surface area (Å²) in [4.78, 5) is 27.9. The molecule has 2 N–H and O–H groups in total. The van der Waals surface area contributed by atoms with Gasteiger partial charge in [-0.15, -0.1) is 0 Å². The van der Waals surface area contributed by atoms with Gasteiger partial charge in [-0.2, -0.15) is 5.26 Å². The molecule has 3 rings (SSSR count). The van der Waals surface area contributed by atoms with Crippen molar-refractivity contribution < 1.29 is 9.59 Å². The molecule has 0 aromatic heterocycles. The van der Waals surface area contributed by atoms with Crippen LogP contribution in [0.4, 0.5) is 5.69 Å². The number of nitrogens with zero attached hydrogens (tertiary/aromatic N) is 2. The third kappa shape index (κ3) is 4.77. The molecule has 1 fully saturated rings. The normalized spacial score (nSPS) is 23.6. The van der Waals surface area contributed by atoms with Crippen LogP contribution in [0, 0.1) is 11.3 Å². The highest BCUT2D eigenvalue weighted by Gasteiger charge is 2.37. The monoisotopic (exact) mass is 410 g/mol. The number of fused-ring (bicyclic) bond motifs is 1. The Bertz CT molecular complexity index is 810. The summed E-state index contributed by atoms with van der Waals surface area (Å²) < 4.78 is 0. The van der Waals surface area contributed by atoms with E-state index in [1.165, 1.54) is 0 Å². The lowest BCUT2D eigenvalue weighted by Crippen LogP contribution is -2.54. The van der Waals surface area contributed by atoms with Gasteiger partial charge in [0.2, 0.25) is 11.8 Å². The molecule has 1 aliphatic heterocycles. The van der Waals surface area contributed by atoms with Crippen molar-refractivity contribution in [3.63, 3.8) is 0 Å². The van der Waals surface area contributed by atoms with Crippen molar-refractivity contribution in [2.75, 3.05) is 11.4 Å². The van der Waals surface area contributed by atoms with Gasteiger partial charge in [0.15, 0.2) is 0 Å². The number of para-hydroxylation sites is 1. The molecule has 162 valence electrons. The van der Waals surface area contributed by atoms with Crippen LogP contribution in [0.5, 0.6) is 0 Å². The van der Waals surface area contributed by atoms with Crippen LogP contribution >= 0.6 is 0 Å². The summed E-state index contributed by atoms with van der Waals surface area (Å²) in [6.45, 7) is 6.33. The Hall–Kier alpha value is -2.55. The third-order valence-electron chi connectivity index (χ3n) is 6.66. The molecule has 1 aromatic carbocycles. The Morgan fingerprint density at radius 1 is 1.27 bits per heavy atom. The zero-order valence-electron chi connectivity index (χ0n) is 18.4. The zero-order valence-corrected chi connectivity index (χ0v) is 18.4. The minimum Gasteiger partial charge on any atom is -0.359 e. The van der Waals surface area contributed by atoms with Crippen molar-refractivity contribution in [2.24, 2.45) is 0 Å². The maximum absolute atomic E-state index is 12.9. The number of rotatable bonds is 6. The molecule has 6 heteroatoms. The van der Waals surface area contributed by atoms with E-state index in [9.17, 15) is 14.9 Å². The molecule has 0 saturated heterocycles. The topological polar surface area (TPSA) is 85.2 Å². The van der Waals surface area contributed by atoms with Gasteiger partial charge in [-0.05, 0) is 51.2 Å². The Morgan fingerprint density at radius 3 is 2.63 bits per heavy atom. The Morgan fingerprint density at radius 2 is 1.97 bits per heavy atom. The van der Waals surface area contributed by atoms with Gasteiger partial charge < -0.3 is 15.5 Å². The van der Waals surface area contributed by atoms with Gasteiger partial charge >= 0.3 is 0 Å². The van der Waals surface area contributed by atoms with Gasteiger partial charge in [0, 0.05) is 17.8 Å². The second-order valence-electron chi connectivity index (χ2n) is 8.94. The number of hydrogen-bond acceptors (Lipinski definition) is 4. The Kier molecular flexibility index (Phi) is 7.02. The molecule has 2 amide bonds. The molecule has 1 aliphatic carbocycles. The number of carbonyl (C=O) groups is 2. The van der Waals surface area contributed by atoms with Gasteiger partial charge in [-0.1, -0.05) is 44.4 Å². The van der Waals surface area contributed by atoms with Crippen LogP contribution in [0.3, 0.4) is 0 Å². The lowest BCUT2D eigenvalue weighted by atomic mass is 9.82. The maximum Gasteiger partial charge on any atom is 0.240 e. The van der Waals surface area contributed by atoms with Gasteiger partial charge in [-0.3, -0.25) is 9.59 Å². The first-order valence-corrected chi connectivity index (χ1v) is 11.3. The second kappa shape index (κ2) is 9.51. The van der Waals surface area contributed by atoms with Gasteiger partial charge in [0.25, 0.3) is 0 Å². The molecular weight excluding hydrogens is 376 g/mol. The van der Waals surface area contributed by atoms with E-state index >= 15 is 0 Å². The molecule has 2 aliphatic rings. The highest BCUT2D eigenvalue weighted by Crippen LogP contribution is 2.38. The van der Waals surface area contributed by atoms with Crippen molar-refractivity contribution in [2.45, 2.75) is 89.3 Å². The molecule has 6 nitrogen and oxygen atoms in total. The number of carbonyl (C=O) groups excluding carboxylic acids is 2. The largest absolute Gasteiger partial charge is 0.359 e. The molecule has 30 heavy (non-hydrogen) atoms. The second-order valence-corrected chi connectivity index (χ2v) is 8.94. The van der Waals surface area contributed by atoms with Crippen molar-refractivity contribution >= 4 is 17.5 Å². The first kappa shape index (κ1) is 22.1. The van der Waals surface area contributed by atoms with Crippen molar-refractivity contribution in [3.05, 3.63) is 29.8 Å². The fraction of sp³-hybridized carbons (Fsp3) is 0.625. The van der Waals surface area contributed by atoms with Crippen LogP contribution in [-0.2, 0) is 9.59 Å². The predicted molar refractivity (Wildman–Crippen MR) is 118 cm³/mol. The van der Waals surface area contributed by atoms with E-state index in [2.05, 4.69) is 35.5 Å². The first-order valence-electron chi connectivity index (χ1n) is 11.3. The van der Waals surface area contributed by atoms with Crippen molar-refractivity contribution in [1.82, 2.24) is 10.6 Å². The number of hydrogen-bond donors (Lipinski definition) is 2. The van der Waals surface area contributed by atoms with Crippen molar-refractivity contribution in [1.29, 1.82) is 5.26 Å². The van der Waals surface area contributed by atoms with Crippen LogP contribution in [0.1, 0.15) is 77.2 Å². The summed E-state index contributed by atoms with van der Waals surface area (Å²) in [6, 6.07) is 10.4. The van der Waals surface area contributed by atoms with E-state index in [4.69, 9.17) is 0 Å². The molecule has 0 spiro atoms. The van der Waals surface area contributed by atoms with Crippen molar-refractivity contribution in [3.8, 4) is 6.07 Å². The summed E-state index contributed by atoms with van der Waals surface area (Å²) in [7, 11) is 0. The van der Waals surface area contributed by atoms with Gasteiger partial charge in [0.05, 0.1) is 18.5 Å². The fourth-order valence-corrected chi connectivity index (χ4v) is 4.69. The maximum atomic E-state index is 12.9. The standard InChI is InChI=1S/C24H34N4O2/c1-4-17(2)26-23(30)20-14-18(3)28(21-11-7-6-10-19(20)21)15-22(29)27-24(16-25)12-8-5-9-13-24/h6-7,10-11,17-18,20H,4-5,8-9,12-15H2,1-3H3,(H,26,30)(H,27,29)/t17-,18-,20-/m1/s1. The molecule has 0 bridgehead atoms. The summed E-state index contributed by atoms with van der Waals surface area (Å²) in [6.07, 6.45) is 6.07. The molecule has 1 aromatic rings.